The topological polar surface area (TPSA) is 86.9 Å². The van der Waals surface area contributed by atoms with E-state index in [-0.39, 0.29) is 24.2 Å². The lowest BCUT2D eigenvalue weighted by Crippen LogP contribution is -2.49. The summed E-state index contributed by atoms with van der Waals surface area (Å²) >= 11 is 0. The molecule has 2 heterocycles. The van der Waals surface area contributed by atoms with Gasteiger partial charge in [-0.15, -0.1) is 0 Å². The number of methoxy groups -OCH3 is 2. The highest BCUT2D eigenvalue weighted by atomic mass is 16.5. The Morgan fingerprint density at radius 1 is 0.895 bits per heavy atom. The normalized spacial score (nSPS) is 14.5. The Bertz CT molecular complexity index is 1360. The number of fused-ring (bicyclic) bond motifs is 1. The van der Waals surface area contributed by atoms with Gasteiger partial charge in [0.15, 0.2) is 0 Å². The van der Waals surface area contributed by atoms with Gasteiger partial charge in [-0.2, -0.15) is 0 Å². The van der Waals surface area contributed by atoms with Gasteiger partial charge in [0.2, 0.25) is 5.91 Å². The second-order valence-electron chi connectivity index (χ2n) is 9.36. The molecule has 0 atom stereocenters. The predicted octanol–water partition coefficient (Wildman–Crippen LogP) is 4.31. The number of carbonyl (C=O) groups excluding carboxylic acids is 2. The molecule has 1 fully saturated rings. The third-order valence-electron chi connectivity index (χ3n) is 7.03. The lowest BCUT2D eigenvalue weighted by Gasteiger charge is -2.39. The van der Waals surface area contributed by atoms with E-state index in [0.29, 0.717) is 17.0 Å². The Kier molecular flexibility index (Phi) is 7.72. The molecule has 0 aliphatic carbocycles. The SMILES string of the molecule is COC(=O)c1[nH]c2cc(OC)ccc2c1NC(=O)CN1CCN(C(c2ccccc2)c2ccccc2)CC1. The standard InChI is InChI=1S/C30H32N4O4/c1-37-23-13-14-24-25(19-23)31-28(30(36)38-2)27(24)32-26(35)20-33-15-17-34(18-16-33)29(21-9-5-3-6-10-21)22-11-7-4-8-12-22/h3-14,19,29,31H,15-18,20H2,1-2H3,(H,32,35). The third kappa shape index (κ3) is 5.41. The Balaban J connectivity index is 1.27. The van der Waals surface area contributed by atoms with E-state index in [1.807, 2.05) is 18.2 Å². The number of esters is 1. The van der Waals surface area contributed by atoms with Crippen LogP contribution >= 0.6 is 0 Å². The molecule has 1 saturated heterocycles. The summed E-state index contributed by atoms with van der Waals surface area (Å²) < 4.78 is 10.2. The van der Waals surface area contributed by atoms with Crippen LogP contribution < -0.4 is 10.1 Å². The minimum absolute atomic E-state index is 0.166. The number of H-pyrrole nitrogens is 1. The Hall–Kier alpha value is -4.14. The maximum Gasteiger partial charge on any atom is 0.356 e. The zero-order chi connectivity index (χ0) is 26.5. The number of hydrogen-bond acceptors (Lipinski definition) is 6. The number of aromatic nitrogens is 1. The Morgan fingerprint density at radius 2 is 1.53 bits per heavy atom. The van der Waals surface area contributed by atoms with Gasteiger partial charge >= 0.3 is 5.97 Å². The zero-order valence-corrected chi connectivity index (χ0v) is 21.6. The summed E-state index contributed by atoms with van der Waals surface area (Å²) in [6.45, 7) is 3.43. The van der Waals surface area contributed by atoms with Gasteiger partial charge in [-0.3, -0.25) is 14.6 Å². The summed E-state index contributed by atoms with van der Waals surface area (Å²) in [7, 11) is 2.90. The summed E-state index contributed by atoms with van der Waals surface area (Å²) in [4.78, 5) is 33.2. The molecular formula is C30H32N4O4. The van der Waals surface area contributed by atoms with Gasteiger partial charge < -0.3 is 19.8 Å². The fourth-order valence-electron chi connectivity index (χ4n) is 5.14. The van der Waals surface area contributed by atoms with Crippen molar-refractivity contribution in [2.45, 2.75) is 6.04 Å². The van der Waals surface area contributed by atoms with Crippen molar-refractivity contribution in [3.05, 3.63) is 95.7 Å². The van der Waals surface area contributed by atoms with Crippen molar-refractivity contribution in [2.24, 2.45) is 0 Å². The van der Waals surface area contributed by atoms with Crippen LogP contribution in [0.1, 0.15) is 27.7 Å². The number of aromatic amines is 1. The van der Waals surface area contributed by atoms with Crippen molar-refractivity contribution in [3.63, 3.8) is 0 Å². The van der Waals surface area contributed by atoms with Crippen molar-refractivity contribution < 1.29 is 19.1 Å². The first-order valence-electron chi connectivity index (χ1n) is 12.7. The highest BCUT2D eigenvalue weighted by molar-refractivity contribution is 6.11. The van der Waals surface area contributed by atoms with E-state index >= 15 is 0 Å². The number of benzene rings is 3. The van der Waals surface area contributed by atoms with Crippen molar-refractivity contribution in [2.75, 3.05) is 52.3 Å². The maximum atomic E-state index is 13.1. The van der Waals surface area contributed by atoms with Crippen molar-refractivity contribution in [1.29, 1.82) is 0 Å². The summed E-state index contributed by atoms with van der Waals surface area (Å²) in [6.07, 6.45) is 0. The van der Waals surface area contributed by atoms with Crippen LogP contribution in [-0.4, -0.2) is 73.6 Å². The predicted molar refractivity (Wildman–Crippen MR) is 148 cm³/mol. The molecule has 5 rings (SSSR count). The number of piperazine rings is 1. The number of hydrogen-bond donors (Lipinski definition) is 2. The monoisotopic (exact) mass is 512 g/mol. The van der Waals surface area contributed by atoms with E-state index in [1.165, 1.54) is 18.2 Å². The molecule has 8 nitrogen and oxygen atoms in total. The Morgan fingerprint density at radius 3 is 2.11 bits per heavy atom. The van der Waals surface area contributed by atoms with Crippen molar-refractivity contribution in [3.8, 4) is 5.75 Å². The maximum absolute atomic E-state index is 13.1. The molecule has 0 bridgehead atoms. The van der Waals surface area contributed by atoms with E-state index in [1.54, 1.807) is 19.2 Å². The van der Waals surface area contributed by atoms with E-state index in [9.17, 15) is 9.59 Å². The summed E-state index contributed by atoms with van der Waals surface area (Å²) in [5.74, 6) is -0.0739. The molecule has 1 amide bonds. The van der Waals surface area contributed by atoms with Gasteiger partial charge in [0, 0.05) is 37.6 Å². The third-order valence-corrected chi connectivity index (χ3v) is 7.03. The summed E-state index contributed by atoms with van der Waals surface area (Å²) in [5, 5.41) is 3.67. The van der Waals surface area contributed by atoms with Crippen LogP contribution in [0.2, 0.25) is 0 Å². The second-order valence-corrected chi connectivity index (χ2v) is 9.36. The van der Waals surface area contributed by atoms with E-state index in [0.717, 1.165) is 31.6 Å². The largest absolute Gasteiger partial charge is 0.497 e. The number of ether oxygens (including phenoxy) is 2. The molecule has 0 unspecified atom stereocenters. The average Bonchev–Trinajstić information content (AvgIpc) is 3.32. The van der Waals surface area contributed by atoms with Gasteiger partial charge in [0.1, 0.15) is 11.4 Å². The molecular weight excluding hydrogens is 480 g/mol. The van der Waals surface area contributed by atoms with E-state index in [2.05, 4.69) is 68.6 Å². The van der Waals surface area contributed by atoms with Crippen LogP contribution in [0.15, 0.2) is 78.9 Å². The molecule has 4 aromatic rings. The van der Waals surface area contributed by atoms with Crippen LogP contribution in [0.3, 0.4) is 0 Å². The molecule has 1 aliphatic rings. The molecule has 38 heavy (non-hydrogen) atoms. The number of amides is 1. The molecule has 8 heteroatoms. The first-order valence-corrected chi connectivity index (χ1v) is 12.7. The summed E-state index contributed by atoms with van der Waals surface area (Å²) in [6, 6.07) is 26.7. The molecule has 1 aromatic heterocycles. The minimum Gasteiger partial charge on any atom is -0.497 e. The first kappa shape index (κ1) is 25.5. The second kappa shape index (κ2) is 11.5. The fourth-order valence-corrected chi connectivity index (χ4v) is 5.14. The molecule has 1 aliphatic heterocycles. The average molecular weight is 513 g/mol. The highest BCUT2D eigenvalue weighted by Crippen LogP contribution is 2.32. The summed E-state index contributed by atoms with van der Waals surface area (Å²) in [5.41, 5.74) is 3.84. The number of rotatable bonds is 8. The number of anilines is 1. The van der Waals surface area contributed by atoms with Gasteiger partial charge in [-0.05, 0) is 23.3 Å². The quantitative estimate of drug-likeness (QED) is 0.342. The Labute approximate surface area is 222 Å². The van der Waals surface area contributed by atoms with E-state index < -0.39 is 5.97 Å². The number of nitrogens with one attached hydrogen (secondary N) is 2. The van der Waals surface area contributed by atoms with E-state index in [4.69, 9.17) is 9.47 Å². The van der Waals surface area contributed by atoms with Crippen molar-refractivity contribution in [1.82, 2.24) is 14.8 Å². The van der Waals surface area contributed by atoms with Crippen LogP contribution in [0, 0.1) is 0 Å². The number of nitrogens with zero attached hydrogens (tertiary/aromatic N) is 2. The molecule has 2 N–H and O–H groups in total. The number of carbonyl (C=O) groups is 2. The van der Waals surface area contributed by atoms with Crippen LogP contribution in [0.25, 0.3) is 10.9 Å². The zero-order valence-electron chi connectivity index (χ0n) is 21.6. The molecule has 0 spiro atoms. The molecule has 196 valence electrons. The van der Waals surface area contributed by atoms with Gasteiger partial charge in [0.05, 0.1) is 38.0 Å². The van der Waals surface area contributed by atoms with Gasteiger partial charge in [0.25, 0.3) is 0 Å². The van der Waals surface area contributed by atoms with Crippen LogP contribution in [0.4, 0.5) is 5.69 Å². The van der Waals surface area contributed by atoms with Crippen molar-refractivity contribution >= 4 is 28.5 Å². The minimum atomic E-state index is -0.544. The lowest BCUT2D eigenvalue weighted by molar-refractivity contribution is -0.117. The van der Waals surface area contributed by atoms with Crippen LogP contribution in [-0.2, 0) is 9.53 Å². The molecule has 3 aromatic carbocycles. The van der Waals surface area contributed by atoms with Crippen LogP contribution in [0.5, 0.6) is 5.75 Å². The van der Waals surface area contributed by atoms with Gasteiger partial charge in [-0.25, -0.2) is 4.79 Å². The highest BCUT2D eigenvalue weighted by Gasteiger charge is 2.28. The van der Waals surface area contributed by atoms with Gasteiger partial charge in [-0.1, -0.05) is 60.7 Å². The first-order chi connectivity index (χ1) is 18.6. The molecule has 0 radical (unpaired) electrons. The lowest BCUT2D eigenvalue weighted by atomic mass is 9.96. The fraction of sp³-hybridized carbons (Fsp3) is 0.267. The smallest absolute Gasteiger partial charge is 0.356 e. The molecule has 0 saturated carbocycles.